The van der Waals surface area contributed by atoms with Crippen LogP contribution in [-0.2, 0) is 0 Å². The maximum Gasteiger partial charge on any atom is 0.120 e. The highest BCUT2D eigenvalue weighted by Crippen LogP contribution is 2.13. The molecule has 1 aromatic carbocycles. The zero-order valence-electron chi connectivity index (χ0n) is 10.4. The van der Waals surface area contributed by atoms with Crippen molar-refractivity contribution in [2.24, 2.45) is 0 Å². The molecular weight excluding hydrogens is 251 g/mol. The lowest BCUT2D eigenvalue weighted by Gasteiger charge is -2.05. The number of unbranched alkanes of at least 4 members (excludes halogenated alkanes) is 2. The van der Waals surface area contributed by atoms with Crippen molar-refractivity contribution in [3.63, 3.8) is 0 Å². The van der Waals surface area contributed by atoms with E-state index in [0.29, 0.717) is 25.3 Å². The molecule has 1 aromatic rings. The van der Waals surface area contributed by atoms with Gasteiger partial charge in [0.1, 0.15) is 5.75 Å². The molecule has 0 bridgehead atoms. The third kappa shape index (κ3) is 6.51. The topological polar surface area (TPSA) is 9.23 Å². The van der Waals surface area contributed by atoms with Crippen molar-refractivity contribution in [3.8, 4) is 17.6 Å². The van der Waals surface area contributed by atoms with Crippen LogP contribution in [0.4, 0.5) is 4.39 Å². The van der Waals surface area contributed by atoms with Gasteiger partial charge in [-0.15, -0.1) is 11.6 Å². The minimum atomic E-state index is -0.244. The van der Waals surface area contributed by atoms with Crippen molar-refractivity contribution in [3.05, 3.63) is 29.8 Å². The van der Waals surface area contributed by atoms with Gasteiger partial charge < -0.3 is 4.74 Å². The van der Waals surface area contributed by atoms with Crippen LogP contribution in [0.5, 0.6) is 5.75 Å². The summed E-state index contributed by atoms with van der Waals surface area (Å²) in [6.45, 7) is 0.379. The minimum absolute atomic E-state index is 0.244. The molecule has 0 fully saturated rings. The summed E-state index contributed by atoms with van der Waals surface area (Å²) < 4.78 is 17.5. The van der Waals surface area contributed by atoms with E-state index < -0.39 is 0 Å². The Kier molecular flexibility index (Phi) is 8.08. The Morgan fingerprint density at radius 2 is 2.11 bits per heavy atom. The second-order valence-electron chi connectivity index (χ2n) is 3.87. The van der Waals surface area contributed by atoms with Crippen LogP contribution in [0.15, 0.2) is 24.3 Å². The molecule has 0 N–H and O–H groups in total. The molecule has 0 saturated heterocycles. The van der Waals surface area contributed by atoms with Crippen LogP contribution in [0, 0.1) is 11.8 Å². The van der Waals surface area contributed by atoms with E-state index in [4.69, 9.17) is 16.3 Å². The Labute approximate surface area is 113 Å². The molecule has 0 spiro atoms. The van der Waals surface area contributed by atoms with Gasteiger partial charge in [0.15, 0.2) is 0 Å². The quantitative estimate of drug-likeness (QED) is 0.409. The molecule has 0 aromatic heterocycles. The number of hydrogen-bond acceptors (Lipinski definition) is 1. The standard InChI is InChI=1S/C15H18ClFO/c16-10-3-2-7-14-8-6-9-15(13-14)18-12-5-1-4-11-17/h6,8-9,13H,1,3-5,10-12H2. The Balaban J connectivity index is 2.38. The van der Waals surface area contributed by atoms with Crippen LogP contribution in [-0.4, -0.2) is 19.2 Å². The smallest absolute Gasteiger partial charge is 0.120 e. The van der Waals surface area contributed by atoms with E-state index in [1.54, 1.807) is 0 Å². The van der Waals surface area contributed by atoms with Crippen LogP contribution in [0.1, 0.15) is 31.2 Å². The fraction of sp³-hybridized carbons (Fsp3) is 0.467. The molecule has 0 amide bonds. The van der Waals surface area contributed by atoms with Gasteiger partial charge in [-0.2, -0.15) is 0 Å². The lowest BCUT2D eigenvalue weighted by Crippen LogP contribution is -1.97. The average molecular weight is 269 g/mol. The maximum absolute atomic E-state index is 11.9. The molecule has 0 aliphatic heterocycles. The Bertz CT molecular complexity index is 395. The molecule has 3 heteroatoms. The number of ether oxygens (including phenoxy) is 1. The van der Waals surface area contributed by atoms with Crippen molar-refractivity contribution >= 4 is 11.6 Å². The van der Waals surface area contributed by atoms with E-state index in [2.05, 4.69) is 11.8 Å². The number of halogens is 2. The molecule has 0 saturated carbocycles. The first-order valence-corrected chi connectivity index (χ1v) is 6.74. The highest BCUT2D eigenvalue weighted by Gasteiger charge is 1.95. The lowest BCUT2D eigenvalue weighted by molar-refractivity contribution is 0.301. The summed E-state index contributed by atoms with van der Waals surface area (Å²) in [4.78, 5) is 0. The second-order valence-corrected chi connectivity index (χ2v) is 4.24. The van der Waals surface area contributed by atoms with Crippen molar-refractivity contribution in [2.45, 2.75) is 25.7 Å². The average Bonchev–Trinajstić information content (AvgIpc) is 2.39. The van der Waals surface area contributed by atoms with Crippen LogP contribution in [0.3, 0.4) is 0 Å². The fourth-order valence-corrected chi connectivity index (χ4v) is 1.53. The maximum atomic E-state index is 11.9. The van der Waals surface area contributed by atoms with E-state index in [9.17, 15) is 4.39 Å². The summed E-state index contributed by atoms with van der Waals surface area (Å²) in [5.74, 6) is 7.38. The molecule has 1 nitrogen and oxygen atoms in total. The lowest BCUT2D eigenvalue weighted by atomic mass is 10.2. The van der Waals surface area contributed by atoms with Crippen LogP contribution >= 0.6 is 11.6 Å². The number of hydrogen-bond donors (Lipinski definition) is 0. The molecule has 0 aliphatic carbocycles. The van der Waals surface area contributed by atoms with Gasteiger partial charge in [0.2, 0.25) is 0 Å². The first kappa shape index (κ1) is 14.9. The van der Waals surface area contributed by atoms with E-state index in [1.807, 2.05) is 24.3 Å². The van der Waals surface area contributed by atoms with Crippen LogP contribution < -0.4 is 4.74 Å². The van der Waals surface area contributed by atoms with Crippen molar-refractivity contribution in [2.75, 3.05) is 19.2 Å². The van der Waals surface area contributed by atoms with Gasteiger partial charge in [0.05, 0.1) is 13.3 Å². The van der Waals surface area contributed by atoms with E-state index in [0.717, 1.165) is 24.2 Å². The van der Waals surface area contributed by atoms with E-state index in [-0.39, 0.29) is 6.67 Å². The summed E-state index contributed by atoms with van der Waals surface area (Å²) in [5, 5.41) is 0. The first-order valence-electron chi connectivity index (χ1n) is 6.20. The largest absolute Gasteiger partial charge is 0.494 e. The van der Waals surface area contributed by atoms with Gasteiger partial charge in [0.25, 0.3) is 0 Å². The summed E-state index contributed by atoms with van der Waals surface area (Å²) in [7, 11) is 0. The first-order chi connectivity index (χ1) is 8.86. The molecule has 0 unspecified atom stereocenters. The number of benzene rings is 1. The predicted octanol–water partition coefficient (Wildman–Crippen LogP) is 4.19. The molecule has 0 atom stereocenters. The monoisotopic (exact) mass is 268 g/mol. The number of alkyl halides is 2. The van der Waals surface area contributed by atoms with Crippen LogP contribution in [0.25, 0.3) is 0 Å². The normalized spacial score (nSPS) is 9.67. The van der Waals surface area contributed by atoms with Crippen molar-refractivity contribution < 1.29 is 9.13 Å². The predicted molar refractivity (Wildman–Crippen MR) is 74.0 cm³/mol. The summed E-state index contributed by atoms with van der Waals surface area (Å²) in [6, 6.07) is 7.68. The number of rotatable bonds is 7. The molecule has 0 heterocycles. The summed E-state index contributed by atoms with van der Waals surface area (Å²) in [5.41, 5.74) is 0.932. The third-order valence-electron chi connectivity index (χ3n) is 2.33. The Morgan fingerprint density at radius 1 is 1.22 bits per heavy atom. The Morgan fingerprint density at radius 3 is 2.89 bits per heavy atom. The highest BCUT2D eigenvalue weighted by atomic mass is 35.5. The summed E-state index contributed by atoms with van der Waals surface area (Å²) in [6.07, 6.45) is 3.06. The molecule has 1 rings (SSSR count). The molecule has 0 aliphatic rings. The highest BCUT2D eigenvalue weighted by molar-refractivity contribution is 6.18. The SMILES string of the molecule is FCCCCCOc1cccc(C#CCCCl)c1. The van der Waals surface area contributed by atoms with Crippen LogP contribution in [0.2, 0.25) is 0 Å². The van der Waals surface area contributed by atoms with Gasteiger partial charge in [-0.25, -0.2) is 0 Å². The van der Waals surface area contributed by atoms with E-state index in [1.165, 1.54) is 0 Å². The molecule has 18 heavy (non-hydrogen) atoms. The van der Waals surface area contributed by atoms with E-state index >= 15 is 0 Å². The summed E-state index contributed by atoms with van der Waals surface area (Å²) >= 11 is 5.56. The van der Waals surface area contributed by atoms with Gasteiger partial charge in [-0.05, 0) is 37.5 Å². The second kappa shape index (κ2) is 9.79. The third-order valence-corrected chi connectivity index (χ3v) is 2.52. The van der Waals surface area contributed by atoms with Crippen molar-refractivity contribution in [1.82, 2.24) is 0 Å². The molecule has 98 valence electrons. The fourth-order valence-electron chi connectivity index (χ4n) is 1.44. The van der Waals surface area contributed by atoms with Crippen molar-refractivity contribution in [1.29, 1.82) is 0 Å². The molecule has 0 radical (unpaired) electrons. The Hall–Kier alpha value is -1.20. The van der Waals surface area contributed by atoms with Gasteiger partial charge in [-0.1, -0.05) is 17.9 Å². The zero-order valence-corrected chi connectivity index (χ0v) is 11.2. The zero-order chi connectivity index (χ0) is 13.1. The van der Waals surface area contributed by atoms with Gasteiger partial charge in [0, 0.05) is 17.9 Å². The van der Waals surface area contributed by atoms with Gasteiger partial charge in [-0.3, -0.25) is 4.39 Å². The molecular formula is C15H18ClFO. The minimum Gasteiger partial charge on any atom is -0.494 e. The van der Waals surface area contributed by atoms with Gasteiger partial charge >= 0.3 is 0 Å².